The van der Waals surface area contributed by atoms with Crippen molar-refractivity contribution < 1.29 is 0 Å². The molecule has 3 rings (SSSR count). The van der Waals surface area contributed by atoms with E-state index >= 15 is 0 Å². The van der Waals surface area contributed by atoms with Gasteiger partial charge in [0.05, 0.1) is 11.9 Å². The molecular formula is C16H27N5. The van der Waals surface area contributed by atoms with E-state index in [4.69, 9.17) is 0 Å². The van der Waals surface area contributed by atoms with Crippen LogP contribution in [-0.2, 0) is 0 Å². The first kappa shape index (κ1) is 14.6. The second-order valence-corrected chi connectivity index (χ2v) is 6.75. The Morgan fingerprint density at radius 1 is 1.24 bits per heavy atom. The van der Waals surface area contributed by atoms with Crippen LogP contribution < -0.4 is 10.2 Å². The van der Waals surface area contributed by atoms with E-state index in [-0.39, 0.29) is 0 Å². The molecule has 0 spiro atoms. The van der Waals surface area contributed by atoms with Crippen LogP contribution in [0.3, 0.4) is 0 Å². The summed E-state index contributed by atoms with van der Waals surface area (Å²) in [6.45, 7) is 7.76. The number of likely N-dealkylation sites (N-methyl/N-ethyl adjacent to an activating group) is 1. The van der Waals surface area contributed by atoms with Crippen molar-refractivity contribution in [1.82, 2.24) is 15.1 Å². The Labute approximate surface area is 127 Å². The molecular weight excluding hydrogens is 262 g/mol. The van der Waals surface area contributed by atoms with Gasteiger partial charge in [-0.3, -0.25) is 0 Å². The van der Waals surface area contributed by atoms with Crippen molar-refractivity contribution in [3.8, 4) is 0 Å². The quantitative estimate of drug-likeness (QED) is 0.919. The largest absolute Gasteiger partial charge is 0.368 e. The second-order valence-electron chi connectivity index (χ2n) is 6.75. The van der Waals surface area contributed by atoms with E-state index in [0.717, 1.165) is 50.4 Å². The fourth-order valence-corrected chi connectivity index (χ4v) is 3.44. The lowest BCUT2D eigenvalue weighted by Crippen LogP contribution is -2.44. The van der Waals surface area contributed by atoms with Crippen LogP contribution in [0.15, 0.2) is 12.3 Å². The number of piperazine rings is 1. The molecule has 1 saturated carbocycles. The van der Waals surface area contributed by atoms with Gasteiger partial charge >= 0.3 is 0 Å². The maximum absolute atomic E-state index is 4.23. The highest BCUT2D eigenvalue weighted by molar-refractivity contribution is 5.52. The summed E-state index contributed by atoms with van der Waals surface area (Å²) in [5.74, 6) is 2.61. The third-order valence-corrected chi connectivity index (χ3v) is 4.88. The Bertz CT molecular complexity index is 456. The number of aromatic nitrogens is 2. The van der Waals surface area contributed by atoms with Gasteiger partial charge in [-0.25, -0.2) is 0 Å². The Hall–Kier alpha value is -1.36. The van der Waals surface area contributed by atoms with Crippen LogP contribution in [-0.4, -0.2) is 54.9 Å². The lowest BCUT2D eigenvalue weighted by Gasteiger charge is -2.33. The minimum Gasteiger partial charge on any atom is -0.368 e. The molecule has 1 aromatic rings. The molecule has 5 nitrogen and oxygen atoms in total. The summed E-state index contributed by atoms with van der Waals surface area (Å²) in [5.41, 5.74) is 1.19. The highest BCUT2D eigenvalue weighted by Crippen LogP contribution is 2.30. The van der Waals surface area contributed by atoms with E-state index in [1.54, 1.807) is 0 Å². The first-order chi connectivity index (χ1) is 10.2. The normalized spacial score (nSPS) is 27.0. The molecule has 2 fully saturated rings. The summed E-state index contributed by atoms with van der Waals surface area (Å²) in [6, 6.07) is 2.15. The molecule has 2 aliphatic rings. The van der Waals surface area contributed by atoms with Gasteiger partial charge in [-0.15, -0.1) is 5.10 Å². The number of hydrogen-bond donors (Lipinski definition) is 1. The molecule has 0 bridgehead atoms. The Morgan fingerprint density at radius 3 is 2.76 bits per heavy atom. The topological polar surface area (TPSA) is 44.3 Å². The number of anilines is 2. The first-order valence-electron chi connectivity index (χ1n) is 8.21. The van der Waals surface area contributed by atoms with Gasteiger partial charge < -0.3 is 15.1 Å². The summed E-state index contributed by atoms with van der Waals surface area (Å²) in [6.07, 6.45) is 5.95. The van der Waals surface area contributed by atoms with Crippen molar-refractivity contribution in [2.75, 3.05) is 50.0 Å². The van der Waals surface area contributed by atoms with Crippen LogP contribution in [0.2, 0.25) is 0 Å². The summed E-state index contributed by atoms with van der Waals surface area (Å²) in [7, 11) is 2.18. The predicted octanol–water partition coefficient (Wildman–Crippen LogP) is 2.08. The third-order valence-electron chi connectivity index (χ3n) is 4.88. The average Bonchev–Trinajstić information content (AvgIpc) is 2.92. The van der Waals surface area contributed by atoms with E-state index in [2.05, 4.69) is 45.4 Å². The lowest BCUT2D eigenvalue weighted by molar-refractivity contribution is 0.312. The Kier molecular flexibility index (Phi) is 4.58. The Balaban J connectivity index is 1.55. The van der Waals surface area contributed by atoms with Gasteiger partial charge in [0.25, 0.3) is 0 Å². The zero-order valence-electron chi connectivity index (χ0n) is 13.3. The van der Waals surface area contributed by atoms with Crippen LogP contribution in [0.25, 0.3) is 0 Å². The molecule has 2 unspecified atom stereocenters. The summed E-state index contributed by atoms with van der Waals surface area (Å²) >= 11 is 0. The second kappa shape index (κ2) is 6.60. The molecule has 1 saturated heterocycles. The highest BCUT2D eigenvalue weighted by atomic mass is 15.3. The Morgan fingerprint density at radius 2 is 2.05 bits per heavy atom. The van der Waals surface area contributed by atoms with Crippen LogP contribution in [0.1, 0.15) is 26.2 Å². The number of nitrogens with zero attached hydrogens (tertiary/aromatic N) is 4. The van der Waals surface area contributed by atoms with Crippen molar-refractivity contribution >= 4 is 11.5 Å². The van der Waals surface area contributed by atoms with Crippen LogP contribution >= 0.6 is 0 Å². The molecule has 1 aliphatic carbocycles. The van der Waals surface area contributed by atoms with E-state index in [1.165, 1.54) is 24.9 Å². The molecule has 1 aromatic heterocycles. The fourth-order valence-electron chi connectivity index (χ4n) is 3.44. The van der Waals surface area contributed by atoms with E-state index < -0.39 is 0 Å². The molecule has 5 heteroatoms. The lowest BCUT2D eigenvalue weighted by atomic mass is 10.1. The van der Waals surface area contributed by atoms with Crippen molar-refractivity contribution in [2.24, 2.45) is 11.8 Å². The van der Waals surface area contributed by atoms with Gasteiger partial charge in [0.15, 0.2) is 5.82 Å². The van der Waals surface area contributed by atoms with Gasteiger partial charge in [-0.05, 0) is 31.7 Å². The fraction of sp³-hybridized carbons (Fsp3) is 0.750. The van der Waals surface area contributed by atoms with Gasteiger partial charge in [0, 0.05) is 38.8 Å². The number of rotatable bonds is 4. The highest BCUT2D eigenvalue weighted by Gasteiger charge is 2.21. The van der Waals surface area contributed by atoms with Crippen LogP contribution in [0.5, 0.6) is 0 Å². The van der Waals surface area contributed by atoms with Gasteiger partial charge in [0.1, 0.15) is 0 Å². The molecule has 1 N–H and O–H groups in total. The predicted molar refractivity (Wildman–Crippen MR) is 86.7 cm³/mol. The number of hydrogen-bond acceptors (Lipinski definition) is 5. The van der Waals surface area contributed by atoms with Crippen molar-refractivity contribution in [3.63, 3.8) is 0 Å². The SMILES string of the molecule is CC1CCC(CNc2cc(N3CCN(C)CC3)cnn2)C1. The molecule has 2 heterocycles. The number of nitrogens with one attached hydrogen (secondary N) is 1. The summed E-state index contributed by atoms with van der Waals surface area (Å²) in [4.78, 5) is 4.77. The zero-order chi connectivity index (χ0) is 14.7. The minimum atomic E-state index is 0.800. The van der Waals surface area contributed by atoms with E-state index in [9.17, 15) is 0 Å². The molecule has 116 valence electrons. The zero-order valence-corrected chi connectivity index (χ0v) is 13.3. The molecule has 2 atom stereocenters. The smallest absolute Gasteiger partial charge is 0.150 e. The van der Waals surface area contributed by atoms with Crippen molar-refractivity contribution in [1.29, 1.82) is 0 Å². The van der Waals surface area contributed by atoms with E-state index in [0.29, 0.717) is 0 Å². The van der Waals surface area contributed by atoms with Crippen LogP contribution in [0.4, 0.5) is 11.5 Å². The standard InChI is InChI=1S/C16H27N5/c1-13-3-4-14(9-13)11-17-16-10-15(12-18-19-16)21-7-5-20(2)6-8-21/h10,12-14H,3-9,11H2,1-2H3,(H,17,19). The molecule has 1 aliphatic heterocycles. The minimum absolute atomic E-state index is 0.800. The molecule has 21 heavy (non-hydrogen) atoms. The van der Waals surface area contributed by atoms with Gasteiger partial charge in [0.2, 0.25) is 0 Å². The van der Waals surface area contributed by atoms with E-state index in [1.807, 2.05) is 6.20 Å². The van der Waals surface area contributed by atoms with Crippen molar-refractivity contribution in [3.05, 3.63) is 12.3 Å². The summed E-state index contributed by atoms with van der Waals surface area (Å²) < 4.78 is 0. The maximum Gasteiger partial charge on any atom is 0.150 e. The maximum atomic E-state index is 4.23. The van der Waals surface area contributed by atoms with Crippen molar-refractivity contribution in [2.45, 2.75) is 26.2 Å². The molecule has 0 aromatic carbocycles. The third kappa shape index (κ3) is 3.84. The molecule has 0 radical (unpaired) electrons. The molecule has 0 amide bonds. The van der Waals surface area contributed by atoms with Gasteiger partial charge in [-0.1, -0.05) is 13.3 Å². The first-order valence-corrected chi connectivity index (χ1v) is 8.21. The average molecular weight is 289 g/mol. The summed E-state index contributed by atoms with van der Waals surface area (Å²) in [5, 5.41) is 11.9. The van der Waals surface area contributed by atoms with Gasteiger partial charge in [-0.2, -0.15) is 5.10 Å². The monoisotopic (exact) mass is 289 g/mol. The van der Waals surface area contributed by atoms with Crippen LogP contribution in [0, 0.1) is 11.8 Å².